The molecule has 0 aliphatic rings. The zero-order valence-electron chi connectivity index (χ0n) is 9.33. The number of carbonyl (C=O) groups is 1. The van der Waals surface area contributed by atoms with Gasteiger partial charge in [-0.15, -0.1) is 11.3 Å². The van der Waals surface area contributed by atoms with Crippen molar-refractivity contribution in [3.8, 4) is 6.07 Å². The topological polar surface area (TPSA) is 73.1 Å². The van der Waals surface area contributed by atoms with Crippen molar-refractivity contribution in [1.29, 1.82) is 5.26 Å². The van der Waals surface area contributed by atoms with Crippen LogP contribution in [0, 0.1) is 11.3 Å². The average Bonchev–Trinajstić information content (AvgIpc) is 2.89. The number of hydrogen-bond donors (Lipinski definition) is 2. The van der Waals surface area contributed by atoms with Crippen molar-refractivity contribution in [1.82, 2.24) is 0 Å². The third-order valence-corrected chi connectivity index (χ3v) is 3.36. The predicted octanol–water partition coefficient (Wildman–Crippen LogP) is 2.86. The summed E-state index contributed by atoms with van der Waals surface area (Å²) >= 11 is 1.37. The Kier molecular flexibility index (Phi) is 3.60. The van der Waals surface area contributed by atoms with E-state index >= 15 is 0 Å². The molecule has 1 aromatic heterocycles. The van der Waals surface area contributed by atoms with Crippen LogP contribution in [0.2, 0.25) is 0 Å². The van der Waals surface area contributed by atoms with Crippen LogP contribution >= 0.6 is 11.3 Å². The Bertz CT molecular complexity index is 587. The second-order valence-corrected chi connectivity index (χ2v) is 4.57. The minimum atomic E-state index is -0.967. The highest BCUT2D eigenvalue weighted by Gasteiger charge is 2.21. The molecule has 0 aliphatic carbocycles. The zero-order chi connectivity index (χ0) is 13.0. The minimum Gasteiger partial charge on any atom is -0.479 e. The molecule has 0 saturated heterocycles. The summed E-state index contributed by atoms with van der Waals surface area (Å²) in [6, 6.07) is 11.6. The minimum absolute atomic E-state index is 0.431. The number of thiophene rings is 1. The van der Waals surface area contributed by atoms with Crippen molar-refractivity contribution in [3.05, 3.63) is 52.2 Å². The number of nitrogens with zero attached hydrogens (tertiary/aromatic N) is 1. The van der Waals surface area contributed by atoms with Gasteiger partial charge in [0.2, 0.25) is 0 Å². The molecule has 2 rings (SSSR count). The van der Waals surface area contributed by atoms with Gasteiger partial charge in [0.25, 0.3) is 0 Å². The maximum atomic E-state index is 11.3. The van der Waals surface area contributed by atoms with Crippen LogP contribution in [-0.4, -0.2) is 11.1 Å². The molecule has 2 N–H and O–H groups in total. The first-order valence-corrected chi connectivity index (χ1v) is 6.12. The van der Waals surface area contributed by atoms with E-state index in [1.54, 1.807) is 36.4 Å². The molecule has 0 saturated carbocycles. The lowest BCUT2D eigenvalue weighted by Crippen LogP contribution is -2.19. The largest absolute Gasteiger partial charge is 0.479 e. The first-order valence-electron chi connectivity index (χ1n) is 5.24. The molecular weight excluding hydrogens is 248 g/mol. The summed E-state index contributed by atoms with van der Waals surface area (Å²) in [5.74, 6) is -0.967. The normalized spacial score (nSPS) is 11.5. The van der Waals surface area contributed by atoms with Crippen molar-refractivity contribution in [3.63, 3.8) is 0 Å². The molecule has 0 amide bonds. The van der Waals surface area contributed by atoms with Gasteiger partial charge < -0.3 is 10.4 Å². The van der Waals surface area contributed by atoms with Crippen LogP contribution < -0.4 is 5.32 Å². The van der Waals surface area contributed by atoms with Gasteiger partial charge in [0.15, 0.2) is 6.04 Å². The summed E-state index contributed by atoms with van der Waals surface area (Å²) in [5.41, 5.74) is 0.959. The number of hydrogen-bond acceptors (Lipinski definition) is 4. The summed E-state index contributed by atoms with van der Waals surface area (Å²) in [6.07, 6.45) is 0. The summed E-state index contributed by atoms with van der Waals surface area (Å²) in [4.78, 5) is 12.0. The molecule has 4 nitrogen and oxygen atoms in total. The van der Waals surface area contributed by atoms with E-state index in [-0.39, 0.29) is 0 Å². The number of rotatable bonds is 4. The monoisotopic (exact) mass is 258 g/mol. The third-order valence-electron chi connectivity index (χ3n) is 2.42. The molecule has 1 atom stereocenters. The quantitative estimate of drug-likeness (QED) is 0.884. The smallest absolute Gasteiger partial charge is 0.331 e. The van der Waals surface area contributed by atoms with Crippen LogP contribution in [0.25, 0.3) is 0 Å². The predicted molar refractivity (Wildman–Crippen MR) is 69.5 cm³/mol. The van der Waals surface area contributed by atoms with E-state index in [1.165, 1.54) is 11.3 Å². The van der Waals surface area contributed by atoms with Gasteiger partial charge in [0.1, 0.15) is 6.07 Å². The Balaban J connectivity index is 2.31. The summed E-state index contributed by atoms with van der Waals surface area (Å²) in [7, 11) is 0. The molecule has 0 radical (unpaired) electrons. The van der Waals surface area contributed by atoms with Gasteiger partial charge in [0.05, 0.1) is 11.3 Å². The molecule has 0 bridgehead atoms. The zero-order valence-corrected chi connectivity index (χ0v) is 10.1. The van der Waals surface area contributed by atoms with Gasteiger partial charge in [0, 0.05) is 4.88 Å². The molecule has 1 aromatic carbocycles. The molecule has 5 heteroatoms. The standard InChI is InChI=1S/C13H10N2O2S/c14-8-9-4-1-2-5-10(9)15-12(13(16)17)11-6-3-7-18-11/h1-7,12,15H,(H,16,17). The van der Waals surface area contributed by atoms with Gasteiger partial charge in [-0.3, -0.25) is 0 Å². The third kappa shape index (κ3) is 2.50. The first-order chi connectivity index (χ1) is 8.72. The second-order valence-electron chi connectivity index (χ2n) is 3.59. The average molecular weight is 258 g/mol. The Hall–Kier alpha value is -2.32. The van der Waals surface area contributed by atoms with Gasteiger partial charge in [-0.2, -0.15) is 5.26 Å². The van der Waals surface area contributed by atoms with E-state index in [1.807, 2.05) is 11.4 Å². The molecular formula is C13H10N2O2S. The van der Waals surface area contributed by atoms with E-state index in [0.717, 1.165) is 0 Å². The van der Waals surface area contributed by atoms with E-state index in [9.17, 15) is 9.90 Å². The number of aliphatic carboxylic acids is 1. The maximum absolute atomic E-state index is 11.3. The van der Waals surface area contributed by atoms with Crippen LogP contribution in [0.15, 0.2) is 41.8 Å². The second kappa shape index (κ2) is 5.34. The molecule has 2 aromatic rings. The van der Waals surface area contributed by atoms with Crippen LogP contribution in [0.1, 0.15) is 16.5 Å². The maximum Gasteiger partial charge on any atom is 0.331 e. The molecule has 0 fully saturated rings. The fraction of sp³-hybridized carbons (Fsp3) is 0.0769. The Labute approximate surface area is 108 Å². The van der Waals surface area contributed by atoms with Crippen molar-refractivity contribution >= 4 is 23.0 Å². The fourth-order valence-electron chi connectivity index (χ4n) is 1.57. The lowest BCUT2D eigenvalue weighted by molar-refractivity contribution is -0.138. The fourth-order valence-corrected chi connectivity index (χ4v) is 2.34. The summed E-state index contributed by atoms with van der Waals surface area (Å²) in [5, 5.41) is 22.9. The highest BCUT2D eigenvalue weighted by atomic mass is 32.1. The lowest BCUT2D eigenvalue weighted by atomic mass is 10.1. The summed E-state index contributed by atoms with van der Waals surface area (Å²) in [6.45, 7) is 0. The van der Waals surface area contributed by atoms with Crippen molar-refractivity contribution in [2.45, 2.75) is 6.04 Å². The van der Waals surface area contributed by atoms with Crippen molar-refractivity contribution < 1.29 is 9.90 Å². The highest BCUT2D eigenvalue weighted by molar-refractivity contribution is 7.10. The van der Waals surface area contributed by atoms with E-state index in [4.69, 9.17) is 5.26 Å². The number of benzene rings is 1. The molecule has 1 heterocycles. The number of nitrogens with one attached hydrogen (secondary N) is 1. The van der Waals surface area contributed by atoms with Gasteiger partial charge >= 0.3 is 5.97 Å². The van der Waals surface area contributed by atoms with Gasteiger partial charge in [-0.25, -0.2) is 4.79 Å². The number of anilines is 1. The molecule has 0 spiro atoms. The number of para-hydroxylation sites is 1. The van der Waals surface area contributed by atoms with Gasteiger partial charge in [-0.1, -0.05) is 18.2 Å². The Morgan fingerprint density at radius 3 is 2.72 bits per heavy atom. The molecule has 1 unspecified atom stereocenters. The number of carboxylic acids is 1. The number of nitriles is 1. The van der Waals surface area contributed by atoms with Crippen molar-refractivity contribution in [2.75, 3.05) is 5.32 Å². The first kappa shape index (κ1) is 12.1. The Morgan fingerprint density at radius 2 is 2.11 bits per heavy atom. The van der Waals surface area contributed by atoms with Crippen LogP contribution in [-0.2, 0) is 4.79 Å². The number of carboxylic acid groups (broad SMARTS) is 1. The van der Waals surface area contributed by atoms with Crippen LogP contribution in [0.4, 0.5) is 5.69 Å². The summed E-state index contributed by atoms with van der Waals surface area (Å²) < 4.78 is 0. The van der Waals surface area contributed by atoms with E-state index in [0.29, 0.717) is 16.1 Å². The van der Waals surface area contributed by atoms with Gasteiger partial charge in [-0.05, 0) is 23.6 Å². The molecule has 18 heavy (non-hydrogen) atoms. The lowest BCUT2D eigenvalue weighted by Gasteiger charge is -2.15. The van der Waals surface area contributed by atoms with Crippen LogP contribution in [0.3, 0.4) is 0 Å². The van der Waals surface area contributed by atoms with E-state index < -0.39 is 12.0 Å². The highest BCUT2D eigenvalue weighted by Crippen LogP contribution is 2.25. The SMILES string of the molecule is N#Cc1ccccc1NC(C(=O)O)c1cccs1. The molecule has 90 valence electrons. The van der Waals surface area contributed by atoms with E-state index in [2.05, 4.69) is 5.32 Å². The van der Waals surface area contributed by atoms with Crippen molar-refractivity contribution in [2.24, 2.45) is 0 Å². The Morgan fingerprint density at radius 1 is 1.33 bits per heavy atom. The van der Waals surface area contributed by atoms with Crippen LogP contribution in [0.5, 0.6) is 0 Å². The molecule has 0 aliphatic heterocycles.